The van der Waals surface area contributed by atoms with E-state index in [1.165, 1.54) is 11.3 Å². The summed E-state index contributed by atoms with van der Waals surface area (Å²) in [5, 5.41) is 13.9. The lowest BCUT2D eigenvalue weighted by Crippen LogP contribution is -2.63. The first-order chi connectivity index (χ1) is 13.7. The number of anilines is 1. The number of phenolic OH excluding ortho intramolecular Hbond substituents is 1. The first kappa shape index (κ1) is 17.4. The smallest absolute Gasteiger partial charge is 0.160 e. The molecule has 2 aromatic rings. The van der Waals surface area contributed by atoms with Crippen LogP contribution in [0.4, 0.5) is 5.69 Å². The first-order valence-electron chi connectivity index (χ1n) is 9.96. The van der Waals surface area contributed by atoms with Gasteiger partial charge in [0.2, 0.25) is 0 Å². The largest absolute Gasteiger partial charge is 0.504 e. The number of piperidine rings is 1. The average Bonchev–Trinajstić information content (AvgIpc) is 3.21. The summed E-state index contributed by atoms with van der Waals surface area (Å²) < 4.78 is 5.15. The lowest BCUT2D eigenvalue weighted by Gasteiger charge is -2.52. The molecule has 2 aromatic carbocycles. The summed E-state index contributed by atoms with van der Waals surface area (Å²) in [5.41, 5.74) is 3.50. The van der Waals surface area contributed by atoms with Crippen LogP contribution in [0.2, 0.25) is 0 Å². The third-order valence-electron chi connectivity index (χ3n) is 6.23. The fraction of sp³-hybridized carbons (Fsp3) is 0.409. The van der Waals surface area contributed by atoms with Crippen LogP contribution < -0.4 is 10.1 Å². The van der Waals surface area contributed by atoms with Crippen molar-refractivity contribution in [2.24, 2.45) is 4.99 Å². The molecule has 1 saturated heterocycles. The normalized spacial score (nSPS) is 20.3. The molecular formula is C22H26N4O2. The Hall–Kier alpha value is -2.73. The minimum absolute atomic E-state index is 0.0395. The van der Waals surface area contributed by atoms with E-state index >= 15 is 0 Å². The van der Waals surface area contributed by atoms with Gasteiger partial charge in [0.25, 0.3) is 0 Å². The Bertz CT molecular complexity index is 919. The fourth-order valence-corrected chi connectivity index (χ4v) is 4.77. The molecule has 0 amide bonds. The molecule has 6 nitrogen and oxygen atoms in total. The first-order valence-corrected chi connectivity index (χ1v) is 9.96. The van der Waals surface area contributed by atoms with E-state index in [2.05, 4.69) is 39.4 Å². The summed E-state index contributed by atoms with van der Waals surface area (Å²) in [5.74, 6) is 1.88. The van der Waals surface area contributed by atoms with Gasteiger partial charge >= 0.3 is 0 Å². The molecule has 3 aliphatic rings. The van der Waals surface area contributed by atoms with Gasteiger partial charge in [0.05, 0.1) is 13.7 Å². The van der Waals surface area contributed by atoms with Crippen molar-refractivity contribution < 1.29 is 9.84 Å². The molecule has 1 fully saturated rings. The zero-order chi connectivity index (χ0) is 19.1. The van der Waals surface area contributed by atoms with Crippen molar-refractivity contribution in [1.82, 2.24) is 9.80 Å². The highest BCUT2D eigenvalue weighted by Crippen LogP contribution is 2.39. The molecule has 0 unspecified atom stereocenters. The van der Waals surface area contributed by atoms with E-state index in [1.807, 2.05) is 18.2 Å². The number of likely N-dealkylation sites (tertiary alicyclic amines) is 1. The molecule has 0 aromatic heterocycles. The zero-order valence-electron chi connectivity index (χ0n) is 16.2. The van der Waals surface area contributed by atoms with Crippen LogP contribution in [-0.2, 0) is 6.54 Å². The van der Waals surface area contributed by atoms with Gasteiger partial charge in [-0.15, -0.1) is 0 Å². The number of rotatable bonds is 3. The van der Waals surface area contributed by atoms with Crippen molar-refractivity contribution in [1.29, 1.82) is 0 Å². The monoisotopic (exact) mass is 378 g/mol. The minimum atomic E-state index is -0.0395. The number of benzene rings is 2. The summed E-state index contributed by atoms with van der Waals surface area (Å²) in [6.07, 6.45) is 2.09. The standard InChI is InChI=1S/C22H26N4O2/c1-28-20-7-6-16(14-19(20)27)15-25-11-8-22(9-12-25)24-18-5-3-2-4-17(18)21-23-10-13-26(21)22/h2-7,14,24,27H,8-13,15H2,1H3. The van der Waals surface area contributed by atoms with Crippen molar-refractivity contribution >= 4 is 11.5 Å². The lowest BCUT2D eigenvalue weighted by atomic mass is 9.90. The maximum Gasteiger partial charge on any atom is 0.160 e. The summed E-state index contributed by atoms with van der Waals surface area (Å²) in [6.45, 7) is 4.72. The van der Waals surface area contributed by atoms with E-state index in [0.717, 1.165) is 57.0 Å². The molecule has 0 saturated carbocycles. The molecule has 28 heavy (non-hydrogen) atoms. The van der Waals surface area contributed by atoms with E-state index in [0.29, 0.717) is 5.75 Å². The number of aliphatic imine (C=N–C) groups is 1. The summed E-state index contributed by atoms with van der Waals surface area (Å²) >= 11 is 0. The van der Waals surface area contributed by atoms with E-state index < -0.39 is 0 Å². The quantitative estimate of drug-likeness (QED) is 0.860. The van der Waals surface area contributed by atoms with E-state index in [9.17, 15) is 5.11 Å². The van der Waals surface area contributed by atoms with Crippen LogP contribution in [0.3, 0.4) is 0 Å². The molecule has 146 valence electrons. The topological polar surface area (TPSA) is 60.3 Å². The number of fused-ring (bicyclic) bond motifs is 4. The molecule has 0 aliphatic carbocycles. The van der Waals surface area contributed by atoms with Gasteiger partial charge in [-0.2, -0.15) is 0 Å². The van der Waals surface area contributed by atoms with Crippen LogP contribution >= 0.6 is 0 Å². The maximum atomic E-state index is 10.0. The predicted octanol–water partition coefficient (Wildman–Crippen LogP) is 2.88. The van der Waals surface area contributed by atoms with Gasteiger partial charge in [0, 0.05) is 50.3 Å². The van der Waals surface area contributed by atoms with Gasteiger partial charge in [-0.1, -0.05) is 18.2 Å². The van der Waals surface area contributed by atoms with Crippen LogP contribution in [0, 0.1) is 0 Å². The second-order valence-corrected chi connectivity index (χ2v) is 7.84. The van der Waals surface area contributed by atoms with Crippen molar-refractivity contribution in [3.8, 4) is 11.5 Å². The van der Waals surface area contributed by atoms with Gasteiger partial charge in [-0.25, -0.2) is 0 Å². The number of nitrogens with one attached hydrogen (secondary N) is 1. The highest BCUT2D eigenvalue weighted by molar-refractivity contribution is 6.06. The lowest BCUT2D eigenvalue weighted by molar-refractivity contribution is 0.0895. The van der Waals surface area contributed by atoms with Crippen LogP contribution in [-0.4, -0.2) is 59.7 Å². The average molecular weight is 378 g/mol. The summed E-state index contributed by atoms with van der Waals surface area (Å²) in [6, 6.07) is 14.2. The van der Waals surface area contributed by atoms with E-state index in [1.54, 1.807) is 7.11 Å². The highest BCUT2D eigenvalue weighted by Gasteiger charge is 2.46. The third-order valence-corrected chi connectivity index (χ3v) is 6.23. The van der Waals surface area contributed by atoms with Gasteiger partial charge < -0.3 is 20.1 Å². The Morgan fingerprint density at radius 2 is 1.96 bits per heavy atom. The number of para-hydroxylation sites is 1. The Balaban J connectivity index is 1.32. The molecule has 5 rings (SSSR count). The highest BCUT2D eigenvalue weighted by atomic mass is 16.5. The molecule has 0 bridgehead atoms. The Morgan fingerprint density at radius 3 is 2.75 bits per heavy atom. The third kappa shape index (κ3) is 2.79. The summed E-state index contributed by atoms with van der Waals surface area (Å²) in [7, 11) is 1.57. The number of aromatic hydroxyl groups is 1. The number of hydrogen-bond acceptors (Lipinski definition) is 6. The molecule has 6 heteroatoms. The minimum Gasteiger partial charge on any atom is -0.504 e. The zero-order valence-corrected chi connectivity index (χ0v) is 16.2. The van der Waals surface area contributed by atoms with Crippen LogP contribution in [0.1, 0.15) is 24.0 Å². The number of amidine groups is 1. The fourth-order valence-electron chi connectivity index (χ4n) is 4.77. The van der Waals surface area contributed by atoms with Crippen molar-refractivity contribution in [2.45, 2.75) is 25.0 Å². The Labute approximate surface area is 165 Å². The van der Waals surface area contributed by atoms with Gasteiger partial charge in [-0.3, -0.25) is 9.89 Å². The number of methoxy groups -OCH3 is 1. The van der Waals surface area contributed by atoms with Gasteiger partial charge in [-0.05, 0) is 29.8 Å². The second kappa shape index (κ2) is 6.71. The van der Waals surface area contributed by atoms with Crippen molar-refractivity contribution in [3.05, 3.63) is 53.6 Å². The molecule has 3 aliphatic heterocycles. The SMILES string of the molecule is COc1ccc(CN2CCC3(CC2)Nc2ccccc2C2=NCCN23)cc1O. The van der Waals surface area contributed by atoms with E-state index in [-0.39, 0.29) is 11.4 Å². The van der Waals surface area contributed by atoms with Crippen LogP contribution in [0.5, 0.6) is 11.5 Å². The number of phenols is 1. The molecule has 2 N–H and O–H groups in total. The predicted molar refractivity (Wildman–Crippen MR) is 110 cm³/mol. The molecule has 0 atom stereocenters. The van der Waals surface area contributed by atoms with Gasteiger partial charge in [0.1, 0.15) is 11.5 Å². The van der Waals surface area contributed by atoms with Crippen molar-refractivity contribution in [3.63, 3.8) is 0 Å². The summed E-state index contributed by atoms with van der Waals surface area (Å²) in [4.78, 5) is 9.76. The van der Waals surface area contributed by atoms with E-state index in [4.69, 9.17) is 9.73 Å². The number of ether oxygens (including phenoxy) is 1. The Morgan fingerprint density at radius 1 is 1.14 bits per heavy atom. The van der Waals surface area contributed by atoms with Crippen LogP contribution in [0.25, 0.3) is 0 Å². The number of hydrogen-bond donors (Lipinski definition) is 2. The molecule has 1 spiro atoms. The van der Waals surface area contributed by atoms with Crippen LogP contribution in [0.15, 0.2) is 47.5 Å². The molecular weight excluding hydrogens is 352 g/mol. The number of nitrogens with zero attached hydrogens (tertiary/aromatic N) is 3. The maximum absolute atomic E-state index is 10.0. The van der Waals surface area contributed by atoms with Gasteiger partial charge in [0.15, 0.2) is 11.5 Å². The second-order valence-electron chi connectivity index (χ2n) is 7.84. The van der Waals surface area contributed by atoms with Crippen molar-refractivity contribution in [2.75, 3.05) is 38.6 Å². The molecule has 0 radical (unpaired) electrons. The Kier molecular flexibility index (Phi) is 4.16. The molecule has 3 heterocycles.